The number of nitrogens with one attached hydrogen (secondary N) is 2. The molecule has 0 radical (unpaired) electrons. The molecule has 0 saturated carbocycles. The fourth-order valence-electron chi connectivity index (χ4n) is 1.53. The van der Waals surface area contributed by atoms with Gasteiger partial charge >= 0.3 is 0 Å². The quantitative estimate of drug-likeness (QED) is 0.592. The molecule has 2 rings (SSSR count). The van der Waals surface area contributed by atoms with Crippen molar-refractivity contribution in [3.8, 4) is 0 Å². The number of rotatable bonds is 6. The second kappa shape index (κ2) is 5.97. The summed E-state index contributed by atoms with van der Waals surface area (Å²) in [6, 6.07) is 3.55. The Morgan fingerprint density at radius 2 is 2.19 bits per heavy atom. The highest BCUT2D eigenvalue weighted by molar-refractivity contribution is 7.93. The van der Waals surface area contributed by atoms with Gasteiger partial charge in [0.2, 0.25) is 5.13 Å². The van der Waals surface area contributed by atoms with E-state index in [2.05, 4.69) is 24.8 Å². The van der Waals surface area contributed by atoms with E-state index in [1.165, 1.54) is 12.1 Å². The summed E-state index contributed by atoms with van der Waals surface area (Å²) in [5.41, 5.74) is -0.0690. The molecule has 0 unspecified atom stereocenters. The van der Waals surface area contributed by atoms with Gasteiger partial charge in [-0.15, -0.1) is 0 Å². The zero-order chi connectivity index (χ0) is 15.5. The maximum atomic E-state index is 12.3. The van der Waals surface area contributed by atoms with Gasteiger partial charge in [0.15, 0.2) is 0 Å². The van der Waals surface area contributed by atoms with Gasteiger partial charge in [-0.2, -0.15) is 0 Å². The topological polar surface area (TPSA) is 140 Å². The van der Waals surface area contributed by atoms with E-state index in [-0.39, 0.29) is 21.4 Å². The number of nitro groups is 1. The van der Waals surface area contributed by atoms with E-state index in [1.54, 1.807) is 6.92 Å². The van der Waals surface area contributed by atoms with Gasteiger partial charge in [0, 0.05) is 30.2 Å². The molecule has 0 amide bonds. The molecule has 2 N–H and O–H groups in total. The summed E-state index contributed by atoms with van der Waals surface area (Å²) in [5.74, 6) is 0. The third kappa shape index (κ3) is 3.41. The fraction of sp³-hybridized carbons (Fsp3) is 0.222. The highest BCUT2D eigenvalue weighted by Crippen LogP contribution is 2.28. The average Bonchev–Trinajstić information content (AvgIpc) is 2.91. The SMILES string of the molecule is CCNc1ccc([N+](=O)[O-])cc1S(=O)(=O)Nc1nnns1. The van der Waals surface area contributed by atoms with E-state index in [9.17, 15) is 18.5 Å². The lowest BCUT2D eigenvalue weighted by atomic mass is 10.3. The molecule has 0 atom stereocenters. The first-order valence-corrected chi connectivity index (χ1v) is 7.90. The Kier molecular flexibility index (Phi) is 4.28. The molecule has 1 heterocycles. The Bertz CT molecular complexity index is 746. The van der Waals surface area contributed by atoms with E-state index < -0.39 is 14.9 Å². The molecule has 0 bridgehead atoms. The summed E-state index contributed by atoms with van der Waals surface area (Å²) in [4.78, 5) is 9.90. The van der Waals surface area contributed by atoms with Crippen LogP contribution in [0.2, 0.25) is 0 Å². The zero-order valence-corrected chi connectivity index (χ0v) is 12.3. The molecule has 0 aliphatic carbocycles. The minimum atomic E-state index is -4.04. The lowest BCUT2D eigenvalue weighted by Gasteiger charge is -2.11. The molecule has 12 heteroatoms. The van der Waals surface area contributed by atoms with E-state index in [0.717, 1.165) is 17.6 Å². The number of nitrogens with zero attached hydrogens (tertiary/aromatic N) is 4. The standard InChI is InChI=1S/C9H10N6O4S2/c1-2-10-7-4-3-6(15(16)17)5-8(7)21(18,19)12-9-11-13-14-20-9/h3-5,10H,2H2,1H3,(H,11,12,14). The van der Waals surface area contributed by atoms with Crippen molar-refractivity contribution in [2.75, 3.05) is 16.6 Å². The molecule has 21 heavy (non-hydrogen) atoms. The average molecular weight is 330 g/mol. The molecular formula is C9H10N6O4S2. The van der Waals surface area contributed by atoms with Crippen molar-refractivity contribution < 1.29 is 13.3 Å². The van der Waals surface area contributed by atoms with Gasteiger partial charge in [-0.1, -0.05) is 9.59 Å². The minimum Gasteiger partial charge on any atom is -0.384 e. The van der Waals surface area contributed by atoms with E-state index in [1.807, 2.05) is 0 Å². The van der Waals surface area contributed by atoms with Crippen molar-refractivity contribution in [1.82, 2.24) is 14.8 Å². The molecule has 0 aliphatic heterocycles. The number of aromatic nitrogens is 3. The summed E-state index contributed by atoms with van der Waals surface area (Å²) >= 11 is 0.757. The zero-order valence-electron chi connectivity index (χ0n) is 10.7. The van der Waals surface area contributed by atoms with Crippen LogP contribution < -0.4 is 10.0 Å². The van der Waals surface area contributed by atoms with Crippen molar-refractivity contribution in [2.24, 2.45) is 0 Å². The van der Waals surface area contributed by atoms with Crippen molar-refractivity contribution >= 4 is 38.1 Å². The van der Waals surface area contributed by atoms with Crippen LogP contribution in [0.4, 0.5) is 16.5 Å². The first-order chi connectivity index (χ1) is 9.94. The highest BCUT2D eigenvalue weighted by Gasteiger charge is 2.23. The molecular weight excluding hydrogens is 320 g/mol. The Labute approximate surface area is 123 Å². The molecule has 0 saturated heterocycles. The number of nitro benzene ring substituents is 1. The second-order valence-corrected chi connectivity index (χ2v) is 6.12. The van der Waals surface area contributed by atoms with Gasteiger partial charge in [0.1, 0.15) is 4.90 Å². The van der Waals surface area contributed by atoms with Crippen molar-refractivity contribution in [2.45, 2.75) is 11.8 Å². The maximum absolute atomic E-state index is 12.3. The first kappa shape index (κ1) is 15.1. The van der Waals surface area contributed by atoms with Gasteiger partial charge in [-0.05, 0) is 18.2 Å². The van der Waals surface area contributed by atoms with Crippen molar-refractivity contribution in [3.05, 3.63) is 28.3 Å². The molecule has 1 aromatic carbocycles. The lowest BCUT2D eigenvalue weighted by Crippen LogP contribution is -2.15. The predicted molar refractivity (Wildman–Crippen MR) is 75.8 cm³/mol. The minimum absolute atomic E-state index is 0.0241. The summed E-state index contributed by atoms with van der Waals surface area (Å²) < 4.78 is 30.2. The molecule has 2 aromatic rings. The molecule has 1 aromatic heterocycles. The number of non-ortho nitro benzene ring substituents is 1. The summed E-state index contributed by atoms with van der Waals surface area (Å²) in [5, 5.41) is 20.4. The largest absolute Gasteiger partial charge is 0.384 e. The molecule has 10 nitrogen and oxygen atoms in total. The second-order valence-electron chi connectivity index (χ2n) is 3.74. The Hall–Kier alpha value is -2.34. The normalized spacial score (nSPS) is 11.1. The molecule has 0 spiro atoms. The number of hydrogen-bond acceptors (Lipinski definition) is 9. The van der Waals surface area contributed by atoms with Crippen LogP contribution in [0.3, 0.4) is 0 Å². The van der Waals surface area contributed by atoms with E-state index in [4.69, 9.17) is 0 Å². The van der Waals surface area contributed by atoms with Crippen LogP contribution in [0.1, 0.15) is 6.92 Å². The summed E-state index contributed by atoms with van der Waals surface area (Å²) in [6.07, 6.45) is 0. The van der Waals surface area contributed by atoms with Crippen LogP contribution in [0.25, 0.3) is 0 Å². The van der Waals surface area contributed by atoms with Crippen LogP contribution >= 0.6 is 11.5 Å². The van der Waals surface area contributed by atoms with Gasteiger partial charge in [-0.25, -0.2) is 8.42 Å². The van der Waals surface area contributed by atoms with Crippen LogP contribution in [0.5, 0.6) is 0 Å². The van der Waals surface area contributed by atoms with Gasteiger partial charge in [0.25, 0.3) is 15.7 Å². The Morgan fingerprint density at radius 3 is 2.76 bits per heavy atom. The van der Waals surface area contributed by atoms with E-state index in [0.29, 0.717) is 6.54 Å². The highest BCUT2D eigenvalue weighted by atomic mass is 32.2. The number of benzene rings is 1. The van der Waals surface area contributed by atoms with Crippen LogP contribution in [-0.4, -0.2) is 34.7 Å². The Balaban J connectivity index is 2.48. The third-order valence-corrected chi connectivity index (χ3v) is 4.37. The van der Waals surface area contributed by atoms with Gasteiger partial charge in [-0.3, -0.25) is 14.8 Å². The molecule has 0 fully saturated rings. The van der Waals surface area contributed by atoms with Crippen molar-refractivity contribution in [3.63, 3.8) is 0 Å². The smallest absolute Gasteiger partial charge is 0.270 e. The monoisotopic (exact) mass is 330 g/mol. The first-order valence-electron chi connectivity index (χ1n) is 5.64. The number of hydrogen-bond donors (Lipinski definition) is 2. The lowest BCUT2D eigenvalue weighted by molar-refractivity contribution is -0.385. The van der Waals surface area contributed by atoms with Crippen LogP contribution in [0, 0.1) is 10.1 Å². The van der Waals surface area contributed by atoms with Gasteiger partial charge in [0.05, 0.1) is 10.6 Å². The Morgan fingerprint density at radius 1 is 1.43 bits per heavy atom. The summed E-state index contributed by atoms with van der Waals surface area (Å²) in [7, 11) is -4.04. The van der Waals surface area contributed by atoms with E-state index >= 15 is 0 Å². The van der Waals surface area contributed by atoms with Crippen molar-refractivity contribution in [1.29, 1.82) is 0 Å². The van der Waals surface area contributed by atoms with Crippen LogP contribution in [0.15, 0.2) is 23.1 Å². The third-order valence-electron chi connectivity index (χ3n) is 2.35. The molecule has 0 aliphatic rings. The summed E-state index contributed by atoms with van der Waals surface area (Å²) in [6.45, 7) is 2.24. The predicted octanol–water partition coefficient (Wildman–Crippen LogP) is 1.07. The maximum Gasteiger partial charge on any atom is 0.270 e. The number of sulfonamides is 1. The fourth-order valence-corrected chi connectivity index (χ4v) is 3.31. The van der Waals surface area contributed by atoms with Gasteiger partial charge < -0.3 is 5.32 Å². The number of anilines is 2. The molecule has 112 valence electrons. The van der Waals surface area contributed by atoms with Crippen LogP contribution in [-0.2, 0) is 10.0 Å².